The minimum atomic E-state index is -1.46. The Morgan fingerprint density at radius 1 is 1.16 bits per heavy atom. The fourth-order valence-corrected chi connectivity index (χ4v) is 2.87. The molecule has 2 N–H and O–H groups in total. The Labute approximate surface area is 142 Å². The molecule has 1 aliphatic heterocycles. The molecule has 0 unspecified atom stereocenters. The fourth-order valence-electron chi connectivity index (χ4n) is 2.87. The number of β-amino-alcohol motifs (C(OH)–C–C–N with tert-alkyl or cyclic N) is 1. The van der Waals surface area contributed by atoms with Gasteiger partial charge in [0.15, 0.2) is 0 Å². The van der Waals surface area contributed by atoms with E-state index in [9.17, 15) is 23.5 Å². The van der Waals surface area contributed by atoms with E-state index in [2.05, 4.69) is 5.32 Å². The molecule has 0 radical (unpaired) electrons. The van der Waals surface area contributed by atoms with Crippen molar-refractivity contribution in [2.24, 2.45) is 0 Å². The number of rotatable bonds is 4. The number of halogens is 2. The number of hydrogen-bond acceptors (Lipinski definition) is 3. The lowest BCUT2D eigenvalue weighted by Crippen LogP contribution is -2.41. The molecule has 1 fully saturated rings. The van der Waals surface area contributed by atoms with Gasteiger partial charge in [-0.05, 0) is 18.6 Å². The first-order valence-electron chi connectivity index (χ1n) is 7.65. The van der Waals surface area contributed by atoms with Gasteiger partial charge in [0.1, 0.15) is 17.2 Å². The van der Waals surface area contributed by atoms with Crippen LogP contribution in [0.25, 0.3) is 0 Å². The quantitative estimate of drug-likeness (QED) is 0.836. The summed E-state index contributed by atoms with van der Waals surface area (Å²) in [5, 5.41) is 12.8. The van der Waals surface area contributed by atoms with Gasteiger partial charge < -0.3 is 10.4 Å². The molecule has 5 nitrogen and oxygen atoms in total. The van der Waals surface area contributed by atoms with Crippen LogP contribution in [0, 0.1) is 11.6 Å². The first kappa shape index (κ1) is 17.0. The molecule has 1 saturated heterocycles. The summed E-state index contributed by atoms with van der Waals surface area (Å²) in [6, 6.07) is 10.7. The zero-order valence-corrected chi connectivity index (χ0v) is 13.4. The number of aliphatic hydroxyl groups is 1. The normalized spacial score (nSPS) is 21.4. The van der Waals surface area contributed by atoms with Crippen LogP contribution in [0.15, 0.2) is 48.5 Å². The van der Waals surface area contributed by atoms with E-state index in [-0.39, 0.29) is 5.56 Å². The highest BCUT2D eigenvalue weighted by molar-refractivity contribution is 6.07. The van der Waals surface area contributed by atoms with E-state index in [0.717, 1.165) is 17.0 Å². The van der Waals surface area contributed by atoms with Gasteiger partial charge in [-0.1, -0.05) is 36.4 Å². The van der Waals surface area contributed by atoms with Crippen LogP contribution in [0.2, 0.25) is 0 Å². The molecular weight excluding hydrogens is 330 g/mol. The summed E-state index contributed by atoms with van der Waals surface area (Å²) >= 11 is 0. The molecule has 0 bridgehead atoms. The number of carbonyl (C=O) groups is 2. The third kappa shape index (κ3) is 2.98. The molecular formula is C18H16F2N2O3. The lowest BCUT2D eigenvalue weighted by molar-refractivity contribution is -0.132. The Bertz CT molecular complexity index is 828. The maximum absolute atomic E-state index is 13.8. The van der Waals surface area contributed by atoms with Crippen LogP contribution < -0.4 is 5.32 Å². The van der Waals surface area contributed by atoms with Crippen molar-refractivity contribution in [1.82, 2.24) is 10.2 Å². The lowest BCUT2D eigenvalue weighted by Gasteiger charge is -2.23. The molecule has 7 heteroatoms. The summed E-state index contributed by atoms with van der Waals surface area (Å²) < 4.78 is 26.8. The SMILES string of the molecule is C[C@@]1(c2ccccc2)NC(=O)N(C[C@H](O)c2ccc(F)cc2F)C1=O. The molecule has 0 spiro atoms. The monoisotopic (exact) mass is 346 g/mol. The summed E-state index contributed by atoms with van der Waals surface area (Å²) in [6.07, 6.45) is -1.46. The third-order valence-corrected chi connectivity index (χ3v) is 4.30. The van der Waals surface area contributed by atoms with Gasteiger partial charge >= 0.3 is 6.03 Å². The van der Waals surface area contributed by atoms with Crippen LogP contribution in [-0.2, 0) is 10.3 Å². The molecule has 0 aromatic heterocycles. The Hall–Kier alpha value is -2.80. The second kappa shape index (κ2) is 6.25. The topological polar surface area (TPSA) is 69.6 Å². The van der Waals surface area contributed by atoms with Gasteiger partial charge in [-0.15, -0.1) is 0 Å². The first-order chi connectivity index (χ1) is 11.8. The van der Waals surface area contributed by atoms with Gasteiger partial charge in [0.2, 0.25) is 0 Å². The lowest BCUT2D eigenvalue weighted by atomic mass is 9.92. The maximum atomic E-state index is 13.8. The number of amides is 3. The maximum Gasteiger partial charge on any atom is 0.325 e. The standard InChI is InChI=1S/C18H16F2N2O3/c1-18(11-5-3-2-4-6-11)16(24)22(17(25)21-18)10-15(23)13-8-7-12(19)9-14(13)20/h2-9,15,23H,10H2,1H3,(H,21,25)/t15-,18-/m0/s1. The van der Waals surface area contributed by atoms with Crippen molar-refractivity contribution in [1.29, 1.82) is 0 Å². The molecule has 3 rings (SSSR count). The van der Waals surface area contributed by atoms with Gasteiger partial charge in [0, 0.05) is 11.6 Å². The smallest absolute Gasteiger partial charge is 0.325 e. The summed E-state index contributed by atoms with van der Waals surface area (Å²) in [7, 11) is 0. The summed E-state index contributed by atoms with van der Waals surface area (Å²) in [5.41, 5.74) is -0.854. The Morgan fingerprint density at radius 3 is 2.48 bits per heavy atom. The predicted molar refractivity (Wildman–Crippen MR) is 85.4 cm³/mol. The van der Waals surface area contributed by atoms with Crippen LogP contribution in [0.1, 0.15) is 24.2 Å². The zero-order valence-electron chi connectivity index (χ0n) is 13.4. The van der Waals surface area contributed by atoms with Crippen molar-refractivity contribution in [2.45, 2.75) is 18.6 Å². The van der Waals surface area contributed by atoms with E-state index in [1.807, 2.05) is 0 Å². The van der Waals surface area contributed by atoms with Gasteiger partial charge in [-0.25, -0.2) is 13.6 Å². The van der Waals surface area contributed by atoms with Crippen LogP contribution >= 0.6 is 0 Å². The highest BCUT2D eigenvalue weighted by Gasteiger charge is 2.49. The van der Waals surface area contributed by atoms with Crippen LogP contribution in [0.5, 0.6) is 0 Å². The van der Waals surface area contributed by atoms with E-state index >= 15 is 0 Å². The molecule has 1 heterocycles. The molecule has 2 atom stereocenters. The van der Waals surface area contributed by atoms with Gasteiger partial charge in [0.25, 0.3) is 5.91 Å². The average Bonchev–Trinajstić information content (AvgIpc) is 2.80. The Morgan fingerprint density at radius 2 is 1.84 bits per heavy atom. The number of imide groups is 1. The van der Waals surface area contributed by atoms with Crippen molar-refractivity contribution in [3.8, 4) is 0 Å². The average molecular weight is 346 g/mol. The third-order valence-electron chi connectivity index (χ3n) is 4.30. The number of urea groups is 1. The molecule has 0 saturated carbocycles. The molecule has 1 aliphatic rings. The number of nitrogens with zero attached hydrogens (tertiary/aromatic N) is 1. The van der Waals surface area contributed by atoms with E-state index in [1.165, 1.54) is 0 Å². The van der Waals surface area contributed by atoms with Crippen LogP contribution in [0.4, 0.5) is 13.6 Å². The second-order valence-corrected chi connectivity index (χ2v) is 6.02. The minimum Gasteiger partial charge on any atom is -0.386 e. The van der Waals surface area contributed by atoms with Crippen molar-refractivity contribution < 1.29 is 23.5 Å². The van der Waals surface area contributed by atoms with Crippen molar-refractivity contribution in [3.05, 3.63) is 71.3 Å². The fraction of sp³-hybridized carbons (Fsp3) is 0.222. The van der Waals surface area contributed by atoms with Crippen molar-refractivity contribution >= 4 is 11.9 Å². The molecule has 0 aliphatic carbocycles. The molecule has 130 valence electrons. The second-order valence-electron chi connectivity index (χ2n) is 6.02. The van der Waals surface area contributed by atoms with E-state index in [1.54, 1.807) is 37.3 Å². The molecule has 3 amide bonds. The number of hydrogen-bond donors (Lipinski definition) is 2. The summed E-state index contributed by atoms with van der Waals surface area (Å²) in [6.45, 7) is 1.13. The highest BCUT2D eigenvalue weighted by Crippen LogP contribution is 2.30. The van der Waals surface area contributed by atoms with Crippen LogP contribution in [0.3, 0.4) is 0 Å². The van der Waals surface area contributed by atoms with Gasteiger partial charge in [-0.2, -0.15) is 0 Å². The number of benzene rings is 2. The van der Waals surface area contributed by atoms with Crippen molar-refractivity contribution in [2.75, 3.05) is 6.54 Å². The molecule has 2 aromatic rings. The predicted octanol–water partition coefficient (Wildman–Crippen LogP) is 2.47. The first-order valence-corrected chi connectivity index (χ1v) is 7.65. The van der Waals surface area contributed by atoms with E-state index < -0.39 is 41.8 Å². The number of carbonyl (C=O) groups excluding carboxylic acids is 2. The Kier molecular flexibility index (Phi) is 4.26. The number of aliphatic hydroxyl groups excluding tert-OH is 1. The summed E-state index contributed by atoms with van der Waals surface area (Å²) in [4.78, 5) is 25.8. The molecule has 2 aromatic carbocycles. The van der Waals surface area contributed by atoms with E-state index in [4.69, 9.17) is 0 Å². The molecule has 25 heavy (non-hydrogen) atoms. The zero-order chi connectivity index (χ0) is 18.2. The Balaban J connectivity index is 1.84. The largest absolute Gasteiger partial charge is 0.386 e. The minimum absolute atomic E-state index is 0.185. The van der Waals surface area contributed by atoms with Crippen molar-refractivity contribution in [3.63, 3.8) is 0 Å². The van der Waals surface area contributed by atoms with E-state index in [0.29, 0.717) is 11.6 Å². The summed E-state index contributed by atoms with van der Waals surface area (Å²) in [5.74, 6) is -2.27. The van der Waals surface area contributed by atoms with Gasteiger partial charge in [-0.3, -0.25) is 9.69 Å². The number of nitrogens with one attached hydrogen (secondary N) is 1. The van der Waals surface area contributed by atoms with Crippen LogP contribution in [-0.4, -0.2) is 28.5 Å². The van der Waals surface area contributed by atoms with Gasteiger partial charge in [0.05, 0.1) is 12.6 Å². The highest BCUT2D eigenvalue weighted by atomic mass is 19.1.